The highest BCUT2D eigenvalue weighted by Gasteiger charge is 2.70. The highest BCUT2D eigenvalue weighted by Crippen LogP contribution is 2.65. The molecular weight excluding hydrogens is 674 g/mol. The van der Waals surface area contributed by atoms with Gasteiger partial charge in [-0.1, -0.05) is 79.0 Å². The second-order valence-electron chi connectivity index (χ2n) is 16.9. The number of piperidine rings is 1. The minimum absolute atomic E-state index is 0.0804. The first-order chi connectivity index (χ1) is 23.8. The Kier molecular flexibility index (Phi) is 11.5. The van der Waals surface area contributed by atoms with E-state index in [-0.39, 0.29) is 40.9 Å². The number of benzene rings is 1. The second kappa shape index (κ2) is 15.0. The molecule has 0 aromatic heterocycles. The van der Waals surface area contributed by atoms with Crippen molar-refractivity contribution in [2.24, 2.45) is 40.2 Å². The molecule has 2 heterocycles. The summed E-state index contributed by atoms with van der Waals surface area (Å²) in [6.07, 6.45) is 0.759. The number of hydrogen-bond donors (Lipinski definition) is 5. The molecular formula is C37H56ClN7O6. The lowest BCUT2D eigenvalue weighted by atomic mass is 9.85. The van der Waals surface area contributed by atoms with Crippen LogP contribution in [0.5, 0.6) is 0 Å². The lowest BCUT2D eigenvalue weighted by molar-refractivity contribution is -0.146. The Bertz CT molecular complexity index is 1500. The Labute approximate surface area is 306 Å². The van der Waals surface area contributed by atoms with Crippen LogP contribution in [0.15, 0.2) is 24.3 Å². The van der Waals surface area contributed by atoms with E-state index in [4.69, 9.17) is 17.3 Å². The maximum Gasteiger partial charge on any atom is 0.287 e. The lowest BCUT2D eigenvalue weighted by Gasteiger charge is -2.40. The number of carbonyl (C=O) groups excluding carboxylic acids is 5. The summed E-state index contributed by atoms with van der Waals surface area (Å²) in [5, 5.41) is 20.9. The molecule has 0 bridgehead atoms. The van der Waals surface area contributed by atoms with E-state index >= 15 is 0 Å². The van der Waals surface area contributed by atoms with E-state index in [0.29, 0.717) is 44.2 Å². The van der Waals surface area contributed by atoms with Gasteiger partial charge in [-0.25, -0.2) is 0 Å². The van der Waals surface area contributed by atoms with Gasteiger partial charge in [0.2, 0.25) is 23.5 Å². The van der Waals surface area contributed by atoms with Crippen molar-refractivity contribution in [3.63, 3.8) is 0 Å². The summed E-state index contributed by atoms with van der Waals surface area (Å²) < 4.78 is 0. The molecule has 4 amide bonds. The van der Waals surface area contributed by atoms with E-state index < -0.39 is 53.5 Å². The number of halogens is 1. The molecule has 6 N–H and O–H groups in total. The molecule has 282 valence electrons. The maximum atomic E-state index is 14.4. The van der Waals surface area contributed by atoms with Crippen LogP contribution in [-0.4, -0.2) is 108 Å². The Hall–Kier alpha value is -3.26. The van der Waals surface area contributed by atoms with Gasteiger partial charge in [-0.2, -0.15) is 0 Å². The Morgan fingerprint density at radius 3 is 2.22 bits per heavy atom. The lowest BCUT2D eigenvalue weighted by Crippen LogP contribution is -2.64. The quantitative estimate of drug-likeness (QED) is 0.141. The number of nitrogens with zero attached hydrogens (tertiary/aromatic N) is 3. The second-order valence-corrected chi connectivity index (χ2v) is 17.3. The normalized spacial score (nSPS) is 25.1. The van der Waals surface area contributed by atoms with Gasteiger partial charge in [-0.15, -0.1) is 0 Å². The number of fused-ring (bicyclic) bond motifs is 1. The molecule has 0 radical (unpaired) electrons. The van der Waals surface area contributed by atoms with Gasteiger partial charge >= 0.3 is 0 Å². The summed E-state index contributed by atoms with van der Waals surface area (Å²) in [5.74, 6) is -2.88. The molecule has 4 fully saturated rings. The highest BCUT2D eigenvalue weighted by atomic mass is 35.5. The van der Waals surface area contributed by atoms with Crippen LogP contribution in [0.25, 0.3) is 0 Å². The molecule has 2 aliphatic heterocycles. The fourth-order valence-electron chi connectivity index (χ4n) is 8.00. The van der Waals surface area contributed by atoms with Gasteiger partial charge in [-0.05, 0) is 59.1 Å². The minimum Gasteiger partial charge on any atom is -0.368 e. The van der Waals surface area contributed by atoms with E-state index in [2.05, 4.69) is 34.7 Å². The summed E-state index contributed by atoms with van der Waals surface area (Å²) in [6, 6.07) is 4.08. The van der Waals surface area contributed by atoms with Crippen LogP contribution >= 0.6 is 11.6 Å². The summed E-state index contributed by atoms with van der Waals surface area (Å²) in [7, 11) is 0. The van der Waals surface area contributed by atoms with E-state index in [1.165, 1.54) is 0 Å². The molecule has 2 unspecified atom stereocenters. The number of aliphatic hydroxyl groups excluding tert-OH is 1. The minimum atomic E-state index is -1.42. The van der Waals surface area contributed by atoms with Gasteiger partial charge in [0.25, 0.3) is 5.91 Å². The number of piperazine rings is 1. The zero-order valence-electron chi connectivity index (χ0n) is 30.9. The average molecular weight is 730 g/mol. The number of Topliss-reactive ketones (excluding diaryl/α,β-unsaturated/α-hetero) is 1. The number of anilines is 1. The van der Waals surface area contributed by atoms with Crippen LogP contribution < -0.4 is 26.6 Å². The van der Waals surface area contributed by atoms with Crippen LogP contribution in [0.4, 0.5) is 5.69 Å². The third-order valence-corrected chi connectivity index (χ3v) is 11.6. The van der Waals surface area contributed by atoms with Crippen molar-refractivity contribution in [2.45, 2.75) is 98.2 Å². The Balaban J connectivity index is 1.26. The number of nitrogens with one attached hydrogen (secondary N) is 3. The molecule has 1 aromatic carbocycles. The van der Waals surface area contributed by atoms with Crippen molar-refractivity contribution >= 4 is 46.7 Å². The van der Waals surface area contributed by atoms with Crippen LogP contribution in [0.1, 0.15) is 67.7 Å². The van der Waals surface area contributed by atoms with Gasteiger partial charge in [0, 0.05) is 43.4 Å². The van der Waals surface area contributed by atoms with Crippen LogP contribution in [0.3, 0.4) is 0 Å². The van der Waals surface area contributed by atoms with E-state index in [9.17, 15) is 29.1 Å². The van der Waals surface area contributed by atoms with E-state index in [1.807, 2.05) is 58.9 Å². The van der Waals surface area contributed by atoms with Gasteiger partial charge in [0.05, 0.1) is 18.1 Å². The van der Waals surface area contributed by atoms with E-state index in [0.717, 1.165) is 18.5 Å². The summed E-state index contributed by atoms with van der Waals surface area (Å²) in [5.41, 5.74) is 5.44. The van der Waals surface area contributed by atoms with Gasteiger partial charge in [-0.3, -0.25) is 34.6 Å². The van der Waals surface area contributed by atoms with Crippen molar-refractivity contribution in [3.8, 4) is 0 Å². The average Bonchev–Trinajstić information content (AvgIpc) is 3.91. The largest absolute Gasteiger partial charge is 0.368 e. The predicted octanol–water partition coefficient (Wildman–Crippen LogP) is 1.71. The van der Waals surface area contributed by atoms with Crippen molar-refractivity contribution in [1.82, 2.24) is 25.8 Å². The number of amides is 4. The number of carbonyl (C=O) groups is 5. The smallest absolute Gasteiger partial charge is 0.287 e. The van der Waals surface area contributed by atoms with E-state index in [1.54, 1.807) is 9.80 Å². The fraction of sp³-hybridized carbons (Fsp3) is 0.703. The predicted molar refractivity (Wildman–Crippen MR) is 194 cm³/mol. The number of hydrogen-bond acceptors (Lipinski definition) is 9. The standard InChI is InChI=1S/C37H56ClN7O6/c1-20(2)27(33(49)44-15-13-43(14-16-44)23-10-8-9-22(38)18-23)41-35(51)42-30(36(3,4)5)34(50)45-19-24-26(37(24,6)7)28(45)32(48)40-25(17-21-11-12-21)29(46)31(39)47/h8-10,18,20-21,24-28,30,35,41-42,51H,11-17,19H2,1-7H3,(H2,39,47)(H,40,48)/t24-,25?,26-,27-,28-,30+,35?/m0/s1. The van der Waals surface area contributed by atoms with Crippen LogP contribution in [0, 0.1) is 34.5 Å². The molecule has 13 nitrogen and oxygen atoms in total. The number of nitrogens with two attached hydrogens (primary N) is 1. The first-order valence-corrected chi connectivity index (χ1v) is 18.6. The van der Waals surface area contributed by atoms with Crippen molar-refractivity contribution in [1.29, 1.82) is 0 Å². The molecule has 51 heavy (non-hydrogen) atoms. The number of likely N-dealkylation sites (tertiary alicyclic amines) is 1. The molecule has 1 aromatic rings. The monoisotopic (exact) mass is 729 g/mol. The molecule has 5 rings (SSSR count). The molecule has 2 aliphatic carbocycles. The topological polar surface area (TPSA) is 177 Å². The number of rotatable bonds is 14. The number of aliphatic hydroxyl groups is 1. The maximum absolute atomic E-state index is 14.4. The molecule has 4 aliphatic rings. The fourth-order valence-corrected chi connectivity index (χ4v) is 8.18. The van der Waals surface area contributed by atoms with Gasteiger partial charge in [0.15, 0.2) is 6.35 Å². The highest BCUT2D eigenvalue weighted by molar-refractivity contribution is 6.37. The number of primary amides is 1. The SMILES string of the molecule is CC(C)[C@H](NC(O)N[C@H](C(=O)N1C[C@H]2[C@@H]([C@H]1C(=O)NC(CC1CC1)C(=O)C(N)=O)C2(C)C)C(C)(C)C)C(=O)N1CCN(c2cccc(Cl)c2)CC1. The van der Waals surface area contributed by atoms with Gasteiger partial charge in [0.1, 0.15) is 6.04 Å². The Morgan fingerprint density at radius 1 is 1.02 bits per heavy atom. The summed E-state index contributed by atoms with van der Waals surface area (Å²) >= 11 is 6.19. The zero-order chi connectivity index (χ0) is 37.6. The van der Waals surface area contributed by atoms with Crippen LogP contribution in [-0.2, 0) is 24.0 Å². The molecule has 2 saturated heterocycles. The summed E-state index contributed by atoms with van der Waals surface area (Å²) in [4.78, 5) is 72.2. The Morgan fingerprint density at radius 2 is 1.67 bits per heavy atom. The van der Waals surface area contributed by atoms with Gasteiger partial charge < -0.3 is 30.9 Å². The first-order valence-electron chi connectivity index (χ1n) is 18.2. The van der Waals surface area contributed by atoms with Crippen LogP contribution in [0.2, 0.25) is 5.02 Å². The third kappa shape index (κ3) is 8.69. The third-order valence-electron chi connectivity index (χ3n) is 11.4. The molecule has 7 atom stereocenters. The van der Waals surface area contributed by atoms with Crippen molar-refractivity contribution < 1.29 is 29.1 Å². The molecule has 2 saturated carbocycles. The van der Waals surface area contributed by atoms with Crippen molar-refractivity contribution in [3.05, 3.63) is 29.3 Å². The van der Waals surface area contributed by atoms with Crippen molar-refractivity contribution in [2.75, 3.05) is 37.6 Å². The first kappa shape index (κ1) is 39.0. The zero-order valence-corrected chi connectivity index (χ0v) is 31.7. The molecule has 0 spiro atoms. The molecule has 14 heteroatoms. The summed E-state index contributed by atoms with van der Waals surface area (Å²) in [6.45, 7) is 16.2. The number of ketones is 1.